The number of hydrogen-bond donors (Lipinski definition) is 0. The van der Waals surface area contributed by atoms with Crippen LogP contribution in [0.3, 0.4) is 0 Å². The molecule has 9 heteroatoms. The maximum absolute atomic E-state index is 13.6. The van der Waals surface area contributed by atoms with E-state index in [1.807, 2.05) is 54.6 Å². The van der Waals surface area contributed by atoms with Crippen LogP contribution in [0.25, 0.3) is 33.5 Å². The fraction of sp³-hybridized carbons (Fsp3) is 0.0645. The molecule has 0 aliphatic heterocycles. The van der Waals surface area contributed by atoms with E-state index in [-0.39, 0.29) is 18.0 Å². The molecule has 0 bridgehead atoms. The largest absolute Gasteiger partial charge is 0.496 e. The van der Waals surface area contributed by atoms with E-state index >= 15 is 0 Å². The van der Waals surface area contributed by atoms with Crippen molar-refractivity contribution >= 4 is 51.3 Å². The maximum Gasteiger partial charge on any atom is 0.282 e. The highest BCUT2D eigenvalue weighted by molar-refractivity contribution is 6.35. The first-order chi connectivity index (χ1) is 19.5. The predicted octanol–water partition coefficient (Wildman–Crippen LogP) is 7.59. The van der Waals surface area contributed by atoms with Crippen molar-refractivity contribution in [3.63, 3.8) is 0 Å². The molecule has 6 rings (SSSR count). The lowest BCUT2D eigenvalue weighted by molar-refractivity contribution is 0.306. The van der Waals surface area contributed by atoms with Crippen molar-refractivity contribution in [2.75, 3.05) is 7.11 Å². The number of para-hydroxylation sites is 1. The molecule has 0 radical (unpaired) electrons. The SMILES string of the molecule is COc1cccc2oc(-c3nc4ccccc4c(=O)n3N=Cc3cccc(OCc4ccc(Cl)cc4Cl)c3)cc12. The number of hydrogen-bond acceptors (Lipinski definition) is 6. The zero-order chi connectivity index (χ0) is 27.6. The third kappa shape index (κ3) is 5.04. The van der Waals surface area contributed by atoms with Gasteiger partial charge in [0.2, 0.25) is 5.82 Å². The van der Waals surface area contributed by atoms with E-state index in [0.717, 1.165) is 16.5 Å². The minimum Gasteiger partial charge on any atom is -0.496 e. The van der Waals surface area contributed by atoms with Crippen LogP contribution in [0.4, 0.5) is 0 Å². The van der Waals surface area contributed by atoms with Crippen molar-refractivity contribution in [1.29, 1.82) is 0 Å². The average molecular weight is 570 g/mol. The van der Waals surface area contributed by atoms with Gasteiger partial charge in [0.25, 0.3) is 5.56 Å². The second-order valence-electron chi connectivity index (χ2n) is 8.89. The van der Waals surface area contributed by atoms with Gasteiger partial charge < -0.3 is 13.9 Å². The Bertz CT molecular complexity index is 1960. The molecule has 0 aliphatic carbocycles. The van der Waals surface area contributed by atoms with Crippen LogP contribution in [0.5, 0.6) is 11.5 Å². The molecule has 2 heterocycles. The fourth-order valence-electron chi connectivity index (χ4n) is 4.32. The summed E-state index contributed by atoms with van der Waals surface area (Å²) in [5, 5.41) is 6.83. The van der Waals surface area contributed by atoms with Crippen molar-refractivity contribution in [3.8, 4) is 23.1 Å². The molecule has 4 aromatic carbocycles. The molecule has 0 fully saturated rings. The second kappa shape index (κ2) is 10.9. The summed E-state index contributed by atoms with van der Waals surface area (Å²) in [5.41, 5.74) is 2.35. The summed E-state index contributed by atoms with van der Waals surface area (Å²) in [6.45, 7) is 0.268. The molecule has 198 valence electrons. The van der Waals surface area contributed by atoms with Crippen molar-refractivity contribution in [3.05, 3.63) is 123 Å². The molecule has 0 saturated carbocycles. The number of nitrogens with zero attached hydrogens (tertiary/aromatic N) is 3. The van der Waals surface area contributed by atoms with Gasteiger partial charge in [0, 0.05) is 15.6 Å². The normalized spacial score (nSPS) is 11.5. The summed E-state index contributed by atoms with van der Waals surface area (Å²) in [6.07, 6.45) is 1.58. The number of fused-ring (bicyclic) bond motifs is 2. The highest BCUT2D eigenvalue weighted by Crippen LogP contribution is 2.33. The minimum absolute atomic E-state index is 0.267. The number of methoxy groups -OCH3 is 1. The van der Waals surface area contributed by atoms with Gasteiger partial charge >= 0.3 is 0 Å². The smallest absolute Gasteiger partial charge is 0.282 e. The quantitative estimate of drug-likeness (QED) is 0.185. The van der Waals surface area contributed by atoms with Crippen LogP contribution in [-0.4, -0.2) is 23.0 Å². The van der Waals surface area contributed by atoms with Crippen molar-refractivity contribution in [2.24, 2.45) is 5.10 Å². The van der Waals surface area contributed by atoms with Gasteiger partial charge in [0.1, 0.15) is 23.7 Å². The second-order valence-corrected chi connectivity index (χ2v) is 9.74. The molecule has 0 amide bonds. The Labute approximate surface area is 238 Å². The first-order valence-electron chi connectivity index (χ1n) is 12.3. The van der Waals surface area contributed by atoms with E-state index in [4.69, 9.17) is 42.1 Å². The molecule has 0 saturated heterocycles. The molecular formula is C31H21Cl2N3O4. The van der Waals surface area contributed by atoms with Crippen LogP contribution in [-0.2, 0) is 6.61 Å². The highest BCUT2D eigenvalue weighted by Gasteiger charge is 2.18. The van der Waals surface area contributed by atoms with Crippen molar-refractivity contribution < 1.29 is 13.9 Å². The molecule has 40 heavy (non-hydrogen) atoms. The maximum atomic E-state index is 13.6. The Morgan fingerprint density at radius 1 is 0.950 bits per heavy atom. The summed E-state index contributed by atoms with van der Waals surface area (Å²) in [6, 6.07) is 27.0. The van der Waals surface area contributed by atoms with Crippen LogP contribution in [0.1, 0.15) is 11.1 Å². The molecular weight excluding hydrogens is 549 g/mol. The van der Waals surface area contributed by atoms with E-state index in [9.17, 15) is 4.79 Å². The number of aromatic nitrogens is 2. The number of ether oxygens (including phenoxy) is 2. The fourth-order valence-corrected chi connectivity index (χ4v) is 4.78. The average Bonchev–Trinajstić information content (AvgIpc) is 3.41. The topological polar surface area (TPSA) is 78.9 Å². The molecule has 7 nitrogen and oxygen atoms in total. The molecule has 0 unspecified atom stereocenters. The molecule has 0 aliphatic rings. The van der Waals surface area contributed by atoms with Gasteiger partial charge in [-0.1, -0.05) is 59.6 Å². The van der Waals surface area contributed by atoms with Crippen LogP contribution >= 0.6 is 23.2 Å². The van der Waals surface area contributed by atoms with Crippen molar-refractivity contribution in [1.82, 2.24) is 9.66 Å². The monoisotopic (exact) mass is 569 g/mol. The van der Waals surface area contributed by atoms with Gasteiger partial charge in [-0.2, -0.15) is 9.78 Å². The predicted molar refractivity (Wildman–Crippen MR) is 158 cm³/mol. The lowest BCUT2D eigenvalue weighted by atomic mass is 10.2. The number of furan rings is 1. The van der Waals surface area contributed by atoms with Gasteiger partial charge in [-0.3, -0.25) is 4.79 Å². The zero-order valence-electron chi connectivity index (χ0n) is 21.2. The van der Waals surface area contributed by atoms with Gasteiger partial charge in [0.15, 0.2) is 5.76 Å². The number of rotatable bonds is 7. The Kier molecular flexibility index (Phi) is 6.99. The van der Waals surface area contributed by atoms with E-state index in [2.05, 4.69) is 5.10 Å². The van der Waals surface area contributed by atoms with Gasteiger partial charge in [-0.15, -0.1) is 0 Å². The van der Waals surface area contributed by atoms with Crippen LogP contribution in [0.15, 0.2) is 105 Å². The Balaban J connectivity index is 1.37. The summed E-state index contributed by atoms with van der Waals surface area (Å²) in [7, 11) is 1.60. The van der Waals surface area contributed by atoms with E-state index in [1.165, 1.54) is 4.68 Å². The standard InChI is InChI=1S/C31H21Cl2N3O4/c1-38-27-10-5-11-28-24(27)16-29(40-28)30-35-26-9-3-2-8-23(26)31(37)36(30)34-17-19-6-4-7-22(14-19)39-18-20-12-13-21(32)15-25(20)33/h2-17H,18H2,1H3. The summed E-state index contributed by atoms with van der Waals surface area (Å²) >= 11 is 12.3. The Hall–Kier alpha value is -4.59. The molecule has 6 aromatic rings. The lowest BCUT2D eigenvalue weighted by Gasteiger charge is -2.09. The minimum atomic E-state index is -0.325. The molecule has 0 spiro atoms. The van der Waals surface area contributed by atoms with E-state index < -0.39 is 0 Å². The Morgan fingerprint density at radius 3 is 2.65 bits per heavy atom. The number of halogens is 2. The van der Waals surface area contributed by atoms with Gasteiger partial charge in [-0.25, -0.2) is 4.98 Å². The summed E-state index contributed by atoms with van der Waals surface area (Å²) < 4.78 is 18.7. The van der Waals surface area contributed by atoms with Gasteiger partial charge in [-0.05, 0) is 60.2 Å². The lowest BCUT2D eigenvalue weighted by Crippen LogP contribution is -2.20. The molecule has 0 N–H and O–H groups in total. The first-order valence-corrected chi connectivity index (χ1v) is 13.1. The highest BCUT2D eigenvalue weighted by atomic mass is 35.5. The summed E-state index contributed by atoms with van der Waals surface area (Å²) in [5.74, 6) is 1.92. The zero-order valence-corrected chi connectivity index (χ0v) is 22.7. The van der Waals surface area contributed by atoms with Crippen LogP contribution in [0, 0.1) is 0 Å². The third-order valence-electron chi connectivity index (χ3n) is 6.31. The third-order valence-corrected chi connectivity index (χ3v) is 6.89. The molecule has 2 aromatic heterocycles. The first kappa shape index (κ1) is 25.7. The van der Waals surface area contributed by atoms with Crippen LogP contribution in [0.2, 0.25) is 10.0 Å². The summed E-state index contributed by atoms with van der Waals surface area (Å²) in [4.78, 5) is 18.3. The molecule has 0 atom stereocenters. The van der Waals surface area contributed by atoms with E-state index in [1.54, 1.807) is 49.7 Å². The van der Waals surface area contributed by atoms with Crippen molar-refractivity contribution in [2.45, 2.75) is 6.61 Å². The Morgan fingerprint density at radius 2 is 1.80 bits per heavy atom. The van der Waals surface area contributed by atoms with Gasteiger partial charge in [0.05, 0.1) is 29.6 Å². The van der Waals surface area contributed by atoms with E-state index in [0.29, 0.717) is 43.8 Å². The number of benzene rings is 4. The van der Waals surface area contributed by atoms with Crippen LogP contribution < -0.4 is 15.0 Å².